The fourth-order valence-electron chi connectivity index (χ4n) is 2.03. The molecule has 1 aromatic heterocycles. The summed E-state index contributed by atoms with van der Waals surface area (Å²) in [5.74, 6) is -0.351. The lowest BCUT2D eigenvalue weighted by Crippen LogP contribution is -2.02. The molecule has 0 fully saturated rings. The average Bonchev–Trinajstić information content (AvgIpc) is 2.95. The predicted molar refractivity (Wildman–Crippen MR) is 83.9 cm³/mol. The van der Waals surface area contributed by atoms with Crippen LogP contribution in [0.4, 0.5) is 15.8 Å². The van der Waals surface area contributed by atoms with E-state index in [-0.39, 0.29) is 11.6 Å². The molecular formula is C17H12FNOS. The quantitative estimate of drug-likeness (QED) is 0.697. The van der Waals surface area contributed by atoms with Crippen molar-refractivity contribution in [2.45, 2.75) is 0 Å². The number of carbonyl (C=O) groups is 1. The molecule has 104 valence electrons. The van der Waals surface area contributed by atoms with Crippen molar-refractivity contribution in [2.24, 2.45) is 0 Å². The molecule has 0 saturated heterocycles. The van der Waals surface area contributed by atoms with E-state index in [0.717, 1.165) is 0 Å². The Morgan fingerprint density at radius 1 is 1.00 bits per heavy atom. The molecule has 1 heterocycles. The first-order chi connectivity index (χ1) is 10.2. The van der Waals surface area contributed by atoms with Crippen molar-refractivity contribution in [1.82, 2.24) is 0 Å². The topological polar surface area (TPSA) is 29.1 Å². The van der Waals surface area contributed by atoms with E-state index >= 15 is 0 Å². The van der Waals surface area contributed by atoms with Crippen molar-refractivity contribution in [3.05, 3.63) is 82.3 Å². The Kier molecular flexibility index (Phi) is 3.79. The first-order valence-corrected chi connectivity index (χ1v) is 7.32. The first kappa shape index (κ1) is 13.5. The molecule has 0 spiro atoms. The second kappa shape index (κ2) is 5.89. The predicted octanol–water partition coefficient (Wildman–Crippen LogP) is 4.86. The van der Waals surface area contributed by atoms with Gasteiger partial charge in [0.25, 0.3) is 0 Å². The molecule has 0 aliphatic carbocycles. The van der Waals surface area contributed by atoms with Gasteiger partial charge in [0.05, 0.1) is 10.6 Å². The Balaban J connectivity index is 1.89. The lowest BCUT2D eigenvalue weighted by molar-refractivity contribution is 0.104. The summed E-state index contributed by atoms with van der Waals surface area (Å²) in [6.07, 6.45) is 0. The molecule has 0 atom stereocenters. The van der Waals surface area contributed by atoms with Gasteiger partial charge in [0.2, 0.25) is 5.78 Å². The Bertz CT molecular complexity index is 767. The lowest BCUT2D eigenvalue weighted by Gasteiger charge is -2.07. The highest BCUT2D eigenvalue weighted by Gasteiger charge is 2.15. The van der Waals surface area contributed by atoms with Gasteiger partial charge in [-0.15, -0.1) is 11.3 Å². The van der Waals surface area contributed by atoms with E-state index in [2.05, 4.69) is 5.32 Å². The van der Waals surface area contributed by atoms with Gasteiger partial charge in [-0.3, -0.25) is 4.79 Å². The number of thiophene rings is 1. The third kappa shape index (κ3) is 3.01. The van der Waals surface area contributed by atoms with Gasteiger partial charge in [0.1, 0.15) is 5.82 Å². The van der Waals surface area contributed by atoms with E-state index in [1.54, 1.807) is 24.3 Å². The fourth-order valence-corrected chi connectivity index (χ4v) is 2.84. The lowest BCUT2D eigenvalue weighted by atomic mass is 10.1. The Labute approximate surface area is 125 Å². The third-order valence-electron chi connectivity index (χ3n) is 3.01. The molecule has 0 amide bonds. The van der Waals surface area contributed by atoms with Gasteiger partial charge in [0, 0.05) is 11.3 Å². The molecule has 3 rings (SSSR count). The van der Waals surface area contributed by atoms with Gasteiger partial charge in [-0.25, -0.2) is 4.39 Å². The Hall–Kier alpha value is -2.46. The molecule has 4 heteroatoms. The molecule has 0 bridgehead atoms. The minimum Gasteiger partial charge on any atom is -0.354 e. The Morgan fingerprint density at radius 3 is 2.57 bits per heavy atom. The summed E-state index contributed by atoms with van der Waals surface area (Å²) in [6.45, 7) is 0. The van der Waals surface area contributed by atoms with E-state index in [0.29, 0.717) is 21.8 Å². The number of halogens is 1. The summed E-state index contributed by atoms with van der Waals surface area (Å²) in [5, 5.41) is 4.94. The number of benzene rings is 2. The van der Waals surface area contributed by atoms with E-state index in [9.17, 15) is 9.18 Å². The van der Waals surface area contributed by atoms with Gasteiger partial charge in [-0.05, 0) is 29.6 Å². The smallest absolute Gasteiger partial charge is 0.205 e. The number of anilines is 2. The SMILES string of the molecule is O=C(c1ccccc1)c1sccc1Nc1cccc(F)c1. The molecule has 0 aliphatic heterocycles. The maximum absolute atomic E-state index is 13.2. The summed E-state index contributed by atoms with van der Waals surface area (Å²) in [4.78, 5) is 13.1. The zero-order chi connectivity index (χ0) is 14.7. The molecule has 0 unspecified atom stereocenters. The number of carbonyl (C=O) groups excluding carboxylic acids is 1. The van der Waals surface area contributed by atoms with E-state index < -0.39 is 0 Å². The average molecular weight is 297 g/mol. The van der Waals surface area contributed by atoms with Crippen LogP contribution in [0.1, 0.15) is 15.2 Å². The van der Waals surface area contributed by atoms with Crippen LogP contribution in [0.5, 0.6) is 0 Å². The second-order valence-corrected chi connectivity index (χ2v) is 5.41. The summed E-state index contributed by atoms with van der Waals surface area (Å²) < 4.78 is 13.2. The molecule has 3 aromatic rings. The molecule has 0 aliphatic rings. The molecule has 0 radical (unpaired) electrons. The van der Waals surface area contributed by atoms with Crippen LogP contribution in [0.25, 0.3) is 0 Å². The highest BCUT2D eigenvalue weighted by Crippen LogP contribution is 2.28. The zero-order valence-corrected chi connectivity index (χ0v) is 11.9. The maximum Gasteiger partial charge on any atom is 0.205 e. The van der Waals surface area contributed by atoms with Crippen molar-refractivity contribution in [2.75, 3.05) is 5.32 Å². The number of hydrogen-bond acceptors (Lipinski definition) is 3. The molecule has 21 heavy (non-hydrogen) atoms. The molecule has 1 N–H and O–H groups in total. The highest BCUT2D eigenvalue weighted by molar-refractivity contribution is 7.13. The summed E-state index contributed by atoms with van der Waals surface area (Å²) in [6, 6.07) is 17.1. The van der Waals surface area contributed by atoms with E-state index in [1.807, 2.05) is 29.6 Å². The maximum atomic E-state index is 13.2. The summed E-state index contributed by atoms with van der Waals surface area (Å²) in [5.41, 5.74) is 1.96. The minimum atomic E-state index is -0.314. The zero-order valence-electron chi connectivity index (χ0n) is 11.0. The van der Waals surface area contributed by atoms with Crippen LogP contribution in [-0.2, 0) is 0 Å². The number of ketones is 1. The van der Waals surface area contributed by atoms with Gasteiger partial charge in [-0.2, -0.15) is 0 Å². The number of hydrogen-bond donors (Lipinski definition) is 1. The van der Waals surface area contributed by atoms with Gasteiger partial charge in [-0.1, -0.05) is 36.4 Å². The molecule has 2 nitrogen and oxygen atoms in total. The molecule has 0 saturated carbocycles. The van der Waals surface area contributed by atoms with Crippen LogP contribution in [0.15, 0.2) is 66.0 Å². The van der Waals surface area contributed by atoms with Crippen LogP contribution in [0.2, 0.25) is 0 Å². The van der Waals surface area contributed by atoms with Crippen molar-refractivity contribution in [3.8, 4) is 0 Å². The van der Waals surface area contributed by atoms with Gasteiger partial charge < -0.3 is 5.32 Å². The fraction of sp³-hybridized carbons (Fsp3) is 0. The largest absolute Gasteiger partial charge is 0.354 e. The van der Waals surface area contributed by atoms with Crippen LogP contribution < -0.4 is 5.32 Å². The normalized spacial score (nSPS) is 10.3. The molecule has 2 aromatic carbocycles. The molecular weight excluding hydrogens is 285 g/mol. The van der Waals surface area contributed by atoms with Crippen molar-refractivity contribution in [1.29, 1.82) is 0 Å². The standard InChI is InChI=1S/C17H12FNOS/c18-13-7-4-8-14(11-13)19-15-9-10-21-17(15)16(20)12-5-2-1-3-6-12/h1-11,19H. The van der Waals surface area contributed by atoms with Crippen molar-refractivity contribution < 1.29 is 9.18 Å². The first-order valence-electron chi connectivity index (χ1n) is 6.44. The summed E-state index contributed by atoms with van der Waals surface area (Å²) >= 11 is 1.37. The minimum absolute atomic E-state index is 0.0375. The Morgan fingerprint density at radius 2 is 1.81 bits per heavy atom. The van der Waals surface area contributed by atoms with Crippen LogP contribution in [-0.4, -0.2) is 5.78 Å². The van der Waals surface area contributed by atoms with Crippen molar-refractivity contribution >= 4 is 28.5 Å². The number of rotatable bonds is 4. The second-order valence-electron chi connectivity index (χ2n) is 4.49. The highest BCUT2D eigenvalue weighted by atomic mass is 32.1. The van der Waals surface area contributed by atoms with Crippen LogP contribution >= 0.6 is 11.3 Å². The third-order valence-corrected chi connectivity index (χ3v) is 3.92. The monoisotopic (exact) mass is 297 g/mol. The number of nitrogens with one attached hydrogen (secondary N) is 1. The van der Waals surface area contributed by atoms with Gasteiger partial charge in [0.15, 0.2) is 0 Å². The van der Waals surface area contributed by atoms with Crippen LogP contribution in [0, 0.1) is 5.82 Å². The van der Waals surface area contributed by atoms with Gasteiger partial charge >= 0.3 is 0 Å². The van der Waals surface area contributed by atoms with E-state index in [4.69, 9.17) is 0 Å². The summed E-state index contributed by atoms with van der Waals surface area (Å²) in [7, 11) is 0. The van der Waals surface area contributed by atoms with Crippen LogP contribution in [0.3, 0.4) is 0 Å². The van der Waals surface area contributed by atoms with Crippen molar-refractivity contribution in [3.63, 3.8) is 0 Å². The van der Waals surface area contributed by atoms with E-state index in [1.165, 1.54) is 23.5 Å².